The van der Waals surface area contributed by atoms with Gasteiger partial charge in [-0.3, -0.25) is 5.10 Å². The molecule has 0 saturated heterocycles. The van der Waals surface area contributed by atoms with Crippen LogP contribution in [0.1, 0.15) is 136 Å². The van der Waals surface area contributed by atoms with E-state index in [0.29, 0.717) is 0 Å². The van der Waals surface area contributed by atoms with E-state index in [1.165, 1.54) is 108 Å². The van der Waals surface area contributed by atoms with Crippen molar-refractivity contribution in [2.24, 2.45) is 0 Å². The minimum atomic E-state index is 0.175. The molecule has 1 aromatic carbocycles. The second kappa shape index (κ2) is 17.2. The number of unbranched alkanes of at least 4 members (excludes halogenated alkanes) is 15. The Morgan fingerprint density at radius 1 is 0.676 bits per heavy atom. The van der Waals surface area contributed by atoms with E-state index >= 15 is 0 Å². The number of hydrogen-bond acceptors (Lipinski definition) is 3. The zero-order chi connectivity index (χ0) is 24.5. The highest BCUT2D eigenvalue weighted by atomic mass is 32.2. The predicted molar refractivity (Wildman–Crippen MR) is 151 cm³/mol. The van der Waals surface area contributed by atoms with Crippen molar-refractivity contribution in [2.45, 2.75) is 141 Å². The fraction of sp³-hybridized carbons (Fsp3) is 0.733. The zero-order valence-corrected chi connectivity index (χ0v) is 23.4. The number of H-pyrrole nitrogens is 1. The average molecular weight is 486 g/mol. The van der Waals surface area contributed by atoms with Gasteiger partial charge in [0.15, 0.2) is 5.82 Å². The molecule has 0 bridgehead atoms. The number of nitrogens with one attached hydrogen (secondary N) is 1. The minimum Gasteiger partial charge on any atom is -0.258 e. The quantitative estimate of drug-likeness (QED) is 0.159. The summed E-state index contributed by atoms with van der Waals surface area (Å²) < 4.78 is 0. The zero-order valence-electron chi connectivity index (χ0n) is 22.6. The van der Waals surface area contributed by atoms with Gasteiger partial charge < -0.3 is 0 Å². The SMILES string of the molecule is CCCCCCCCCCCCCCCCCCSc1n[nH]c(-c2ccc(C(C)(C)C)cc2)n1. The Bertz CT molecular complexity index is 745. The fourth-order valence-electron chi connectivity index (χ4n) is 4.38. The third-order valence-corrected chi connectivity index (χ3v) is 7.65. The normalized spacial score (nSPS) is 11.9. The van der Waals surface area contributed by atoms with Crippen LogP contribution in [0.4, 0.5) is 0 Å². The van der Waals surface area contributed by atoms with Crippen molar-refractivity contribution in [3.8, 4) is 11.4 Å². The van der Waals surface area contributed by atoms with E-state index in [4.69, 9.17) is 0 Å². The number of aromatic amines is 1. The molecule has 1 N–H and O–H groups in total. The Morgan fingerprint density at radius 3 is 1.62 bits per heavy atom. The Labute approximate surface area is 214 Å². The van der Waals surface area contributed by atoms with E-state index in [2.05, 4.69) is 67.1 Å². The standard InChI is InChI=1S/C30H51N3S/c1-5-6-7-8-9-10-11-12-13-14-15-16-17-18-19-20-25-34-29-31-28(32-33-29)26-21-23-27(24-22-26)30(2,3)4/h21-24H,5-20,25H2,1-4H3,(H,31,32,33). The first-order chi connectivity index (χ1) is 16.5. The summed E-state index contributed by atoms with van der Waals surface area (Å²) in [6.07, 6.45) is 22.6. The second-order valence-electron chi connectivity index (χ2n) is 10.9. The van der Waals surface area contributed by atoms with Crippen molar-refractivity contribution in [1.29, 1.82) is 0 Å². The molecule has 0 saturated carbocycles. The maximum absolute atomic E-state index is 4.68. The molecular formula is C30H51N3S. The molecule has 0 unspecified atom stereocenters. The Kier molecular flexibility index (Phi) is 14.6. The fourth-order valence-corrected chi connectivity index (χ4v) is 5.18. The van der Waals surface area contributed by atoms with Gasteiger partial charge >= 0.3 is 0 Å². The lowest BCUT2D eigenvalue weighted by Gasteiger charge is -2.18. The molecule has 34 heavy (non-hydrogen) atoms. The van der Waals surface area contributed by atoms with E-state index in [9.17, 15) is 0 Å². The largest absolute Gasteiger partial charge is 0.258 e. The molecule has 1 heterocycles. The van der Waals surface area contributed by atoms with E-state index in [1.54, 1.807) is 11.8 Å². The van der Waals surface area contributed by atoms with Crippen molar-refractivity contribution in [3.63, 3.8) is 0 Å². The van der Waals surface area contributed by atoms with Crippen LogP contribution in [0.15, 0.2) is 29.4 Å². The number of aromatic nitrogens is 3. The molecule has 0 amide bonds. The van der Waals surface area contributed by atoms with Crippen molar-refractivity contribution in [2.75, 3.05) is 5.75 Å². The molecule has 0 aliphatic heterocycles. The monoisotopic (exact) mass is 485 g/mol. The Morgan fingerprint density at radius 2 is 1.15 bits per heavy atom. The van der Waals surface area contributed by atoms with Crippen LogP contribution in [0.5, 0.6) is 0 Å². The molecule has 0 atom stereocenters. The number of nitrogens with zero attached hydrogens (tertiary/aromatic N) is 2. The molecule has 0 aliphatic rings. The van der Waals surface area contributed by atoms with Gasteiger partial charge in [-0.1, -0.05) is 160 Å². The lowest BCUT2D eigenvalue weighted by Crippen LogP contribution is -2.10. The van der Waals surface area contributed by atoms with Gasteiger partial charge in [0.05, 0.1) is 0 Å². The summed E-state index contributed by atoms with van der Waals surface area (Å²) in [4.78, 5) is 4.68. The molecule has 2 aromatic rings. The average Bonchev–Trinajstić information content (AvgIpc) is 3.29. The molecule has 3 nitrogen and oxygen atoms in total. The molecule has 0 spiro atoms. The van der Waals surface area contributed by atoms with Crippen molar-refractivity contribution < 1.29 is 0 Å². The van der Waals surface area contributed by atoms with Crippen molar-refractivity contribution in [1.82, 2.24) is 15.2 Å². The van der Waals surface area contributed by atoms with E-state index < -0.39 is 0 Å². The maximum atomic E-state index is 4.68. The van der Waals surface area contributed by atoms with Gasteiger partial charge in [-0.15, -0.1) is 5.10 Å². The molecule has 4 heteroatoms. The second-order valence-corrected chi connectivity index (χ2v) is 12.0. The smallest absolute Gasteiger partial charge is 0.208 e. The van der Waals surface area contributed by atoms with E-state index in [-0.39, 0.29) is 5.41 Å². The number of thioether (sulfide) groups is 1. The van der Waals surface area contributed by atoms with E-state index in [0.717, 1.165) is 22.3 Å². The molecule has 0 radical (unpaired) electrons. The maximum Gasteiger partial charge on any atom is 0.208 e. The molecular weight excluding hydrogens is 434 g/mol. The van der Waals surface area contributed by atoms with Crippen LogP contribution >= 0.6 is 11.8 Å². The Hall–Kier alpha value is -1.29. The highest BCUT2D eigenvalue weighted by molar-refractivity contribution is 7.99. The van der Waals surface area contributed by atoms with Crippen LogP contribution in [0.3, 0.4) is 0 Å². The molecule has 2 rings (SSSR count). The highest BCUT2D eigenvalue weighted by Gasteiger charge is 2.14. The Balaban J connectivity index is 1.42. The van der Waals surface area contributed by atoms with Crippen molar-refractivity contribution >= 4 is 11.8 Å². The first-order valence-corrected chi connectivity index (χ1v) is 15.2. The van der Waals surface area contributed by atoms with Gasteiger partial charge in [-0.25, -0.2) is 4.98 Å². The molecule has 0 aliphatic carbocycles. The number of rotatable bonds is 19. The predicted octanol–water partition coefficient (Wildman–Crippen LogP) is 10.1. The summed E-state index contributed by atoms with van der Waals surface area (Å²) in [7, 11) is 0. The third-order valence-electron chi connectivity index (χ3n) is 6.72. The van der Waals surface area contributed by atoms with E-state index in [1.807, 2.05) is 0 Å². The molecule has 192 valence electrons. The van der Waals surface area contributed by atoms with Crippen LogP contribution in [-0.2, 0) is 5.41 Å². The van der Waals surface area contributed by atoms with Gasteiger partial charge in [-0.05, 0) is 17.4 Å². The summed E-state index contributed by atoms with van der Waals surface area (Å²) in [5.74, 6) is 1.98. The summed E-state index contributed by atoms with van der Waals surface area (Å²) in [6, 6.07) is 8.68. The lowest BCUT2D eigenvalue weighted by molar-refractivity contribution is 0.531. The highest BCUT2D eigenvalue weighted by Crippen LogP contribution is 2.26. The van der Waals surface area contributed by atoms with Gasteiger partial charge in [0, 0.05) is 11.3 Å². The van der Waals surface area contributed by atoms with Crippen molar-refractivity contribution in [3.05, 3.63) is 29.8 Å². The topological polar surface area (TPSA) is 41.6 Å². The number of hydrogen-bond donors (Lipinski definition) is 1. The molecule has 1 aromatic heterocycles. The summed E-state index contributed by atoms with van der Waals surface area (Å²) in [5, 5.41) is 8.38. The lowest BCUT2D eigenvalue weighted by atomic mass is 9.87. The van der Waals surface area contributed by atoms with Crippen LogP contribution in [0.2, 0.25) is 0 Å². The van der Waals surface area contributed by atoms with Crippen LogP contribution < -0.4 is 0 Å². The van der Waals surface area contributed by atoms with Gasteiger partial charge in [0.2, 0.25) is 5.16 Å². The van der Waals surface area contributed by atoms with Gasteiger partial charge in [-0.2, -0.15) is 0 Å². The van der Waals surface area contributed by atoms with Crippen LogP contribution in [0, 0.1) is 0 Å². The first kappa shape index (κ1) is 28.9. The van der Waals surface area contributed by atoms with Crippen LogP contribution in [-0.4, -0.2) is 20.9 Å². The van der Waals surface area contributed by atoms with Gasteiger partial charge in [0.1, 0.15) is 0 Å². The first-order valence-electron chi connectivity index (χ1n) is 14.2. The summed E-state index contributed by atoms with van der Waals surface area (Å²) in [6.45, 7) is 9.01. The molecule has 0 fully saturated rings. The third kappa shape index (κ3) is 12.4. The summed E-state index contributed by atoms with van der Waals surface area (Å²) in [5.41, 5.74) is 2.62. The summed E-state index contributed by atoms with van der Waals surface area (Å²) >= 11 is 1.78. The van der Waals surface area contributed by atoms with Crippen LogP contribution in [0.25, 0.3) is 11.4 Å². The number of benzene rings is 1. The minimum absolute atomic E-state index is 0.175. The van der Waals surface area contributed by atoms with Gasteiger partial charge in [0.25, 0.3) is 0 Å².